The Labute approximate surface area is 213 Å². The molecule has 0 unspecified atom stereocenters. The van der Waals surface area contributed by atoms with Gasteiger partial charge in [0.25, 0.3) is 5.56 Å². The van der Waals surface area contributed by atoms with Crippen molar-refractivity contribution < 1.29 is 9.50 Å². The number of pyridine rings is 1. The monoisotopic (exact) mass is 503 g/mol. The van der Waals surface area contributed by atoms with Gasteiger partial charge in [-0.15, -0.1) is 0 Å². The topological polar surface area (TPSA) is 110 Å². The minimum absolute atomic E-state index is 0.0158. The van der Waals surface area contributed by atoms with Crippen molar-refractivity contribution in [3.8, 4) is 5.82 Å². The van der Waals surface area contributed by atoms with E-state index in [0.29, 0.717) is 18.2 Å². The van der Waals surface area contributed by atoms with Gasteiger partial charge in [0.05, 0.1) is 12.3 Å². The average molecular weight is 504 g/mol. The largest absolute Gasteiger partial charge is 0.395 e. The van der Waals surface area contributed by atoms with E-state index >= 15 is 4.39 Å². The Kier molecular flexibility index (Phi) is 5.43. The van der Waals surface area contributed by atoms with Gasteiger partial charge < -0.3 is 15.7 Å². The van der Waals surface area contributed by atoms with Crippen LogP contribution in [0.25, 0.3) is 16.9 Å². The third kappa shape index (κ3) is 3.82. The molecule has 192 valence electrons. The molecule has 2 aliphatic rings. The molecule has 37 heavy (non-hydrogen) atoms. The van der Waals surface area contributed by atoms with Crippen molar-refractivity contribution in [1.82, 2.24) is 29.6 Å². The maximum absolute atomic E-state index is 15.2. The van der Waals surface area contributed by atoms with Crippen molar-refractivity contribution in [2.75, 3.05) is 18.5 Å². The Morgan fingerprint density at radius 1 is 1.19 bits per heavy atom. The molecule has 0 saturated heterocycles. The molecule has 1 saturated carbocycles. The molecule has 9 nitrogen and oxygen atoms in total. The highest BCUT2D eigenvalue weighted by molar-refractivity contribution is 5.77. The van der Waals surface area contributed by atoms with Crippen LogP contribution in [0.2, 0.25) is 0 Å². The van der Waals surface area contributed by atoms with Gasteiger partial charge >= 0.3 is 0 Å². The van der Waals surface area contributed by atoms with Crippen LogP contribution in [0.5, 0.6) is 0 Å². The summed E-state index contributed by atoms with van der Waals surface area (Å²) in [6, 6.07) is 9.15. The smallest absolute Gasteiger partial charge is 0.278 e. The van der Waals surface area contributed by atoms with Crippen molar-refractivity contribution in [3.63, 3.8) is 0 Å². The molecule has 1 aromatic carbocycles. The second-order valence-corrected chi connectivity index (χ2v) is 10.7. The minimum Gasteiger partial charge on any atom is -0.395 e. The van der Waals surface area contributed by atoms with Gasteiger partial charge in [0.15, 0.2) is 17.3 Å². The number of rotatable bonds is 6. The third-order valence-electron chi connectivity index (χ3n) is 7.68. The first-order chi connectivity index (χ1) is 17.8. The van der Waals surface area contributed by atoms with Gasteiger partial charge in [-0.1, -0.05) is 19.9 Å². The number of halogens is 1. The van der Waals surface area contributed by atoms with Gasteiger partial charge in [-0.05, 0) is 55.2 Å². The number of aliphatic hydroxyl groups is 1. The molecule has 4 aromatic rings. The molecule has 0 atom stereocenters. The Bertz CT molecular complexity index is 1590. The predicted octanol–water partition coefficient (Wildman–Crippen LogP) is 3.28. The summed E-state index contributed by atoms with van der Waals surface area (Å²) >= 11 is 0. The lowest BCUT2D eigenvalue weighted by Crippen LogP contribution is -2.38. The van der Waals surface area contributed by atoms with E-state index in [2.05, 4.69) is 51.6 Å². The van der Waals surface area contributed by atoms with Crippen molar-refractivity contribution >= 4 is 22.7 Å². The van der Waals surface area contributed by atoms with E-state index in [9.17, 15) is 9.90 Å². The summed E-state index contributed by atoms with van der Waals surface area (Å²) in [5.41, 5.74) is 3.50. The number of benzene rings is 1. The van der Waals surface area contributed by atoms with Crippen molar-refractivity contribution in [2.45, 2.75) is 57.5 Å². The SMILES string of the molecule is CCn1c(=O)c2cnc(Nc3ccc4c(c3)CNCC4(C)C)nc2n1-c1nc(C2(CO)CC2)ccc1F. The summed E-state index contributed by atoms with van der Waals surface area (Å²) in [7, 11) is 0. The summed E-state index contributed by atoms with van der Waals surface area (Å²) in [5.74, 6) is -0.296. The van der Waals surface area contributed by atoms with E-state index < -0.39 is 11.2 Å². The highest BCUT2D eigenvalue weighted by Gasteiger charge is 2.45. The number of hydrogen-bond donors (Lipinski definition) is 3. The second kappa shape index (κ2) is 8.46. The Hall–Kier alpha value is -3.63. The molecule has 3 N–H and O–H groups in total. The number of fused-ring (bicyclic) bond motifs is 2. The van der Waals surface area contributed by atoms with Crippen molar-refractivity contribution in [2.24, 2.45) is 0 Å². The Morgan fingerprint density at radius 2 is 2.00 bits per heavy atom. The van der Waals surface area contributed by atoms with Gasteiger partial charge in [-0.25, -0.2) is 23.7 Å². The molecule has 3 aromatic heterocycles. The average Bonchev–Trinajstić information content (AvgIpc) is 3.63. The zero-order chi connectivity index (χ0) is 25.9. The van der Waals surface area contributed by atoms with Crippen LogP contribution in [0.15, 0.2) is 41.3 Å². The fourth-order valence-corrected chi connectivity index (χ4v) is 5.32. The van der Waals surface area contributed by atoms with Crippen LogP contribution in [-0.4, -0.2) is 42.6 Å². The van der Waals surface area contributed by atoms with E-state index in [-0.39, 0.29) is 34.4 Å². The number of anilines is 2. The van der Waals surface area contributed by atoms with E-state index in [1.54, 1.807) is 6.07 Å². The van der Waals surface area contributed by atoms with E-state index in [0.717, 1.165) is 31.6 Å². The molecular formula is C27H30FN7O2. The summed E-state index contributed by atoms with van der Waals surface area (Å²) in [6.07, 6.45) is 3.05. The lowest BCUT2D eigenvalue weighted by Gasteiger charge is -2.33. The maximum Gasteiger partial charge on any atom is 0.278 e. The highest BCUT2D eigenvalue weighted by atomic mass is 19.1. The molecule has 1 aliphatic carbocycles. The number of aliphatic hydroxyl groups excluding tert-OH is 1. The quantitative estimate of drug-likeness (QED) is 0.370. The van der Waals surface area contributed by atoms with Crippen LogP contribution in [-0.2, 0) is 23.9 Å². The molecule has 0 amide bonds. The summed E-state index contributed by atoms with van der Waals surface area (Å²) in [5, 5.41) is 16.8. The lowest BCUT2D eigenvalue weighted by atomic mass is 9.79. The van der Waals surface area contributed by atoms with Gasteiger partial charge in [-0.2, -0.15) is 4.98 Å². The summed E-state index contributed by atoms with van der Waals surface area (Å²) < 4.78 is 18.0. The number of aromatic nitrogens is 5. The fraction of sp³-hybridized carbons (Fsp3) is 0.407. The lowest BCUT2D eigenvalue weighted by molar-refractivity contribution is 0.252. The molecule has 1 fully saturated rings. The van der Waals surface area contributed by atoms with Crippen LogP contribution in [0.4, 0.5) is 16.0 Å². The van der Waals surface area contributed by atoms with Crippen LogP contribution in [0.1, 0.15) is 50.4 Å². The Morgan fingerprint density at radius 3 is 2.73 bits per heavy atom. The van der Waals surface area contributed by atoms with Gasteiger partial charge in [-0.3, -0.25) is 4.79 Å². The van der Waals surface area contributed by atoms with Gasteiger partial charge in [0, 0.05) is 42.3 Å². The zero-order valence-electron chi connectivity index (χ0n) is 21.2. The zero-order valence-corrected chi connectivity index (χ0v) is 21.2. The first kappa shape index (κ1) is 23.7. The Balaban J connectivity index is 1.44. The van der Waals surface area contributed by atoms with E-state index in [1.165, 1.54) is 32.8 Å². The van der Waals surface area contributed by atoms with Gasteiger partial charge in [0.1, 0.15) is 5.39 Å². The molecule has 0 spiro atoms. The van der Waals surface area contributed by atoms with E-state index in [1.807, 2.05) is 13.0 Å². The molecule has 1 aliphatic heterocycles. The standard InChI is InChI=1S/C27H30FN7O2/c1-4-34-24(37)18-13-30-25(31-17-5-6-19-16(11-17)12-29-14-26(19,2)3)33-22(18)35(34)23-20(28)7-8-21(32-23)27(15-36)9-10-27/h5-8,11,13,29,36H,4,9-10,12,14-15H2,1-3H3,(H,30,31,33). The summed E-state index contributed by atoms with van der Waals surface area (Å²) in [6.45, 7) is 8.18. The van der Waals surface area contributed by atoms with Crippen molar-refractivity contribution in [1.29, 1.82) is 0 Å². The first-order valence-electron chi connectivity index (χ1n) is 12.6. The number of nitrogens with zero attached hydrogens (tertiary/aromatic N) is 5. The third-order valence-corrected chi connectivity index (χ3v) is 7.68. The highest BCUT2D eigenvalue weighted by Crippen LogP contribution is 2.47. The normalized spacial score (nSPS) is 17.5. The number of hydrogen-bond acceptors (Lipinski definition) is 7. The van der Waals surface area contributed by atoms with Crippen molar-refractivity contribution in [3.05, 3.63) is 69.5 Å². The summed E-state index contributed by atoms with van der Waals surface area (Å²) in [4.78, 5) is 26.7. The fourth-order valence-electron chi connectivity index (χ4n) is 5.32. The molecule has 4 heterocycles. The van der Waals surface area contributed by atoms with Crippen LogP contribution in [0.3, 0.4) is 0 Å². The molecule has 10 heteroatoms. The predicted molar refractivity (Wildman–Crippen MR) is 139 cm³/mol. The van der Waals surface area contributed by atoms with Gasteiger partial charge in [0.2, 0.25) is 5.95 Å². The minimum atomic E-state index is -0.575. The molecule has 6 rings (SSSR count). The molecule has 0 radical (unpaired) electrons. The second-order valence-electron chi connectivity index (χ2n) is 10.7. The van der Waals surface area contributed by atoms with Crippen LogP contribution in [0, 0.1) is 5.82 Å². The molecular weight excluding hydrogens is 473 g/mol. The molecule has 0 bridgehead atoms. The maximum atomic E-state index is 15.2. The van der Waals surface area contributed by atoms with Crippen LogP contribution >= 0.6 is 0 Å². The van der Waals surface area contributed by atoms with E-state index in [4.69, 9.17) is 0 Å². The number of nitrogens with one attached hydrogen (secondary N) is 2. The first-order valence-corrected chi connectivity index (χ1v) is 12.6. The van der Waals surface area contributed by atoms with Crippen LogP contribution < -0.4 is 16.2 Å².